The number of hydrogen-bond acceptors (Lipinski definition) is 2. The fraction of sp³-hybridized carbons (Fsp3) is 0.500. The largest absolute Gasteiger partial charge is 0.370 e. The molecule has 0 fully saturated rings. The highest BCUT2D eigenvalue weighted by atomic mass is 15.4. The number of aromatic nitrogens is 2. The number of aryl methyl sites for hydroxylation is 1. The Hall–Kier alpha value is -1.77. The van der Waals surface area contributed by atoms with Gasteiger partial charge >= 0.3 is 0 Å². The minimum atomic E-state index is 0.369. The number of fused-ring (bicyclic) bond motifs is 1. The van der Waals surface area contributed by atoms with E-state index in [1.807, 2.05) is 0 Å². The fourth-order valence-corrected chi connectivity index (χ4v) is 3.06. The van der Waals surface area contributed by atoms with Crippen molar-refractivity contribution < 1.29 is 0 Å². The zero-order valence-corrected chi connectivity index (χ0v) is 13.3. The molecule has 2 aromatic rings. The quantitative estimate of drug-likeness (QED) is 0.903. The third-order valence-corrected chi connectivity index (χ3v) is 4.30. The van der Waals surface area contributed by atoms with E-state index >= 15 is 0 Å². The summed E-state index contributed by atoms with van der Waals surface area (Å²) in [6.07, 6.45) is 3.30. The van der Waals surface area contributed by atoms with E-state index < -0.39 is 0 Å². The summed E-state index contributed by atoms with van der Waals surface area (Å²) in [7, 11) is 0. The first kappa shape index (κ1) is 14.2. The average molecular weight is 283 g/mol. The van der Waals surface area contributed by atoms with Gasteiger partial charge in [0.05, 0.1) is 11.7 Å². The van der Waals surface area contributed by atoms with Crippen molar-refractivity contribution in [3.63, 3.8) is 0 Å². The van der Waals surface area contributed by atoms with E-state index in [2.05, 4.69) is 61.1 Å². The maximum Gasteiger partial charge on any atom is 0.125 e. The third-order valence-electron chi connectivity index (χ3n) is 4.30. The van der Waals surface area contributed by atoms with Gasteiger partial charge in [0.1, 0.15) is 5.82 Å². The first-order valence-electron chi connectivity index (χ1n) is 8.11. The van der Waals surface area contributed by atoms with E-state index in [-0.39, 0.29) is 0 Å². The number of hydrogen-bond donors (Lipinski definition) is 1. The van der Waals surface area contributed by atoms with Crippen molar-refractivity contribution in [3.05, 3.63) is 47.2 Å². The highest BCUT2D eigenvalue weighted by Crippen LogP contribution is 2.30. The van der Waals surface area contributed by atoms with Crippen LogP contribution < -0.4 is 5.32 Å². The van der Waals surface area contributed by atoms with Crippen molar-refractivity contribution in [1.82, 2.24) is 9.78 Å². The number of nitrogens with zero attached hydrogens (tertiary/aromatic N) is 2. The van der Waals surface area contributed by atoms with Crippen LogP contribution in [0, 0.1) is 0 Å². The van der Waals surface area contributed by atoms with Crippen LogP contribution in [-0.2, 0) is 6.42 Å². The van der Waals surface area contributed by atoms with E-state index in [4.69, 9.17) is 5.10 Å². The number of nitrogens with one attached hydrogen (secondary N) is 1. The van der Waals surface area contributed by atoms with Gasteiger partial charge in [-0.1, -0.05) is 51.5 Å². The predicted molar refractivity (Wildman–Crippen MR) is 88.0 cm³/mol. The number of anilines is 1. The summed E-state index contributed by atoms with van der Waals surface area (Å²) in [4.78, 5) is 0. The van der Waals surface area contributed by atoms with Crippen molar-refractivity contribution in [1.29, 1.82) is 0 Å². The first-order valence-corrected chi connectivity index (χ1v) is 8.11. The zero-order valence-electron chi connectivity index (χ0n) is 13.3. The van der Waals surface area contributed by atoms with E-state index in [9.17, 15) is 0 Å². The Kier molecular flexibility index (Phi) is 4.00. The Balaban J connectivity index is 1.90. The standard InChI is InChI=1S/C18H25N3/c1-4-5-16-12-18-19-11-10-17(21(18)20-16)15-8-6-14(7-9-15)13(2)3/h6-9,12-13,17,19H,4-5,10-11H2,1-3H3. The summed E-state index contributed by atoms with van der Waals surface area (Å²) in [5.41, 5.74) is 3.97. The molecule has 3 nitrogen and oxygen atoms in total. The van der Waals surface area contributed by atoms with Crippen molar-refractivity contribution in [2.45, 2.75) is 52.0 Å². The van der Waals surface area contributed by atoms with E-state index in [1.54, 1.807) is 0 Å². The second kappa shape index (κ2) is 5.92. The van der Waals surface area contributed by atoms with Gasteiger partial charge in [-0.25, -0.2) is 4.68 Å². The maximum atomic E-state index is 4.81. The Morgan fingerprint density at radius 1 is 1.29 bits per heavy atom. The molecule has 0 saturated heterocycles. The minimum Gasteiger partial charge on any atom is -0.370 e. The van der Waals surface area contributed by atoms with Crippen molar-refractivity contribution in [3.8, 4) is 0 Å². The maximum absolute atomic E-state index is 4.81. The second-order valence-electron chi connectivity index (χ2n) is 6.27. The molecule has 112 valence electrons. The molecule has 0 bridgehead atoms. The van der Waals surface area contributed by atoms with Crippen LogP contribution in [0.1, 0.15) is 62.4 Å². The molecule has 1 aromatic carbocycles. The Labute approximate surface area is 127 Å². The molecular formula is C18H25N3. The minimum absolute atomic E-state index is 0.369. The van der Waals surface area contributed by atoms with Crippen LogP contribution in [0.4, 0.5) is 5.82 Å². The Bertz CT molecular complexity index is 595. The van der Waals surface area contributed by atoms with Crippen LogP contribution in [0.2, 0.25) is 0 Å². The van der Waals surface area contributed by atoms with Crippen LogP contribution >= 0.6 is 0 Å². The highest BCUT2D eigenvalue weighted by molar-refractivity contribution is 5.42. The van der Waals surface area contributed by atoms with Gasteiger partial charge in [0.15, 0.2) is 0 Å². The predicted octanol–water partition coefficient (Wildman–Crippen LogP) is 4.36. The third kappa shape index (κ3) is 2.82. The summed E-state index contributed by atoms with van der Waals surface area (Å²) in [6, 6.07) is 11.6. The summed E-state index contributed by atoms with van der Waals surface area (Å²) < 4.78 is 2.18. The molecule has 0 radical (unpaired) electrons. The summed E-state index contributed by atoms with van der Waals surface area (Å²) >= 11 is 0. The van der Waals surface area contributed by atoms with Crippen molar-refractivity contribution in [2.24, 2.45) is 0 Å². The van der Waals surface area contributed by atoms with Crippen molar-refractivity contribution in [2.75, 3.05) is 11.9 Å². The lowest BCUT2D eigenvalue weighted by molar-refractivity contribution is 0.477. The van der Waals surface area contributed by atoms with Gasteiger partial charge in [-0.15, -0.1) is 0 Å². The number of benzene rings is 1. The average Bonchev–Trinajstić information content (AvgIpc) is 2.90. The molecule has 0 amide bonds. The van der Waals surface area contributed by atoms with Gasteiger partial charge in [-0.05, 0) is 29.9 Å². The molecular weight excluding hydrogens is 258 g/mol. The van der Waals surface area contributed by atoms with Gasteiger partial charge in [-0.3, -0.25) is 0 Å². The summed E-state index contributed by atoms with van der Waals surface area (Å²) in [5, 5.41) is 8.28. The molecule has 0 spiro atoms. The molecule has 3 rings (SSSR count). The lowest BCUT2D eigenvalue weighted by Crippen LogP contribution is -2.24. The summed E-state index contributed by atoms with van der Waals surface area (Å²) in [6.45, 7) is 7.70. The van der Waals surface area contributed by atoms with Gasteiger partial charge in [0.2, 0.25) is 0 Å². The monoisotopic (exact) mass is 283 g/mol. The van der Waals surface area contributed by atoms with Crippen LogP contribution in [0.3, 0.4) is 0 Å². The molecule has 0 saturated carbocycles. The van der Waals surface area contributed by atoms with Gasteiger partial charge in [0, 0.05) is 12.6 Å². The molecule has 21 heavy (non-hydrogen) atoms. The second-order valence-corrected chi connectivity index (χ2v) is 6.27. The SMILES string of the molecule is CCCc1cc2n(n1)C(c1ccc(C(C)C)cc1)CCN2. The molecule has 1 atom stereocenters. The first-order chi connectivity index (χ1) is 10.2. The molecule has 1 unspecified atom stereocenters. The topological polar surface area (TPSA) is 29.9 Å². The van der Waals surface area contributed by atoms with Gasteiger partial charge < -0.3 is 5.32 Å². The normalized spacial score (nSPS) is 17.6. The molecule has 3 heteroatoms. The summed E-state index contributed by atoms with van der Waals surface area (Å²) in [5.74, 6) is 1.76. The highest BCUT2D eigenvalue weighted by Gasteiger charge is 2.22. The van der Waals surface area contributed by atoms with Crippen LogP contribution in [0.5, 0.6) is 0 Å². The lowest BCUT2D eigenvalue weighted by Gasteiger charge is -2.26. The lowest BCUT2D eigenvalue weighted by atomic mass is 9.97. The number of rotatable bonds is 4. The molecule has 1 aliphatic heterocycles. The molecule has 1 N–H and O–H groups in total. The van der Waals surface area contributed by atoms with Crippen LogP contribution in [0.15, 0.2) is 30.3 Å². The molecule has 1 aliphatic rings. The molecule has 1 aromatic heterocycles. The van der Waals surface area contributed by atoms with E-state index in [0.717, 1.165) is 25.8 Å². The molecule has 2 heterocycles. The molecule has 0 aliphatic carbocycles. The van der Waals surface area contributed by atoms with Crippen LogP contribution in [-0.4, -0.2) is 16.3 Å². The van der Waals surface area contributed by atoms with E-state index in [1.165, 1.54) is 22.6 Å². The van der Waals surface area contributed by atoms with Crippen LogP contribution in [0.25, 0.3) is 0 Å². The van der Waals surface area contributed by atoms with Crippen molar-refractivity contribution >= 4 is 5.82 Å². The van der Waals surface area contributed by atoms with E-state index in [0.29, 0.717) is 12.0 Å². The Morgan fingerprint density at radius 2 is 2.05 bits per heavy atom. The van der Waals surface area contributed by atoms with Gasteiger partial charge in [0.25, 0.3) is 0 Å². The van der Waals surface area contributed by atoms with Gasteiger partial charge in [-0.2, -0.15) is 5.10 Å². The zero-order chi connectivity index (χ0) is 14.8. The fourth-order valence-electron chi connectivity index (χ4n) is 3.06. The smallest absolute Gasteiger partial charge is 0.125 e. The Morgan fingerprint density at radius 3 is 2.71 bits per heavy atom.